The summed E-state index contributed by atoms with van der Waals surface area (Å²) in [7, 11) is 0. The molecule has 0 saturated heterocycles. The van der Waals surface area contributed by atoms with E-state index in [2.05, 4.69) is 4.74 Å². The Morgan fingerprint density at radius 3 is 1.90 bits per heavy atom. The highest BCUT2D eigenvalue weighted by Gasteiger charge is 2.29. The zero-order chi connectivity index (χ0) is 15.5. The minimum absolute atomic E-state index is 0.0927. The normalized spacial score (nSPS) is 11.2. The van der Waals surface area contributed by atoms with E-state index in [1.54, 1.807) is 12.1 Å². The summed E-state index contributed by atoms with van der Waals surface area (Å²) in [5.74, 6) is -0.984. The molecular weight excluding hydrogens is 281 g/mol. The van der Waals surface area contributed by atoms with Crippen LogP contribution in [0.1, 0.15) is 15.9 Å². The number of ether oxygens (including phenoxy) is 1. The second-order valence-electron chi connectivity index (χ2n) is 4.63. The molecule has 0 bridgehead atoms. The number of aryl methyl sites for hydroxylation is 1. The van der Waals surface area contributed by atoms with Crippen LogP contribution in [0.25, 0.3) is 11.1 Å². The van der Waals surface area contributed by atoms with Crippen molar-refractivity contribution in [3.8, 4) is 11.1 Å². The van der Waals surface area contributed by atoms with Crippen molar-refractivity contribution < 1.29 is 22.7 Å². The van der Waals surface area contributed by atoms with Gasteiger partial charge in [0, 0.05) is 0 Å². The average molecular weight is 294 g/mol. The van der Waals surface area contributed by atoms with Crippen LogP contribution in [0.5, 0.6) is 0 Å². The Bertz CT molecular complexity index is 613. The molecule has 110 valence electrons. The first-order chi connectivity index (χ1) is 9.85. The maximum absolute atomic E-state index is 12.0. The number of hydrogen-bond donors (Lipinski definition) is 0. The molecule has 0 heterocycles. The molecule has 0 radical (unpaired) electrons. The highest BCUT2D eigenvalue weighted by molar-refractivity contribution is 5.90. The monoisotopic (exact) mass is 294 g/mol. The van der Waals surface area contributed by atoms with Crippen molar-refractivity contribution in [1.82, 2.24) is 0 Å². The van der Waals surface area contributed by atoms with E-state index in [4.69, 9.17) is 0 Å². The number of alkyl halides is 3. The van der Waals surface area contributed by atoms with Crippen molar-refractivity contribution in [3.63, 3.8) is 0 Å². The summed E-state index contributed by atoms with van der Waals surface area (Å²) in [5.41, 5.74) is 3.07. The van der Waals surface area contributed by atoms with Crippen LogP contribution >= 0.6 is 0 Å². The van der Waals surface area contributed by atoms with Gasteiger partial charge in [-0.15, -0.1) is 0 Å². The van der Waals surface area contributed by atoms with E-state index in [-0.39, 0.29) is 5.56 Å². The summed E-state index contributed by atoms with van der Waals surface area (Å²) < 4.78 is 40.1. The van der Waals surface area contributed by atoms with Crippen molar-refractivity contribution in [2.75, 3.05) is 6.61 Å². The molecule has 2 aromatic rings. The lowest BCUT2D eigenvalue weighted by molar-refractivity contribution is -0.161. The molecule has 0 fully saturated rings. The minimum atomic E-state index is -4.52. The summed E-state index contributed by atoms with van der Waals surface area (Å²) in [6.07, 6.45) is -4.52. The summed E-state index contributed by atoms with van der Waals surface area (Å²) in [4.78, 5) is 11.5. The van der Waals surface area contributed by atoms with E-state index in [0.29, 0.717) is 0 Å². The number of rotatable bonds is 3. The Balaban J connectivity index is 2.08. The fourth-order valence-electron chi connectivity index (χ4n) is 1.78. The van der Waals surface area contributed by atoms with Gasteiger partial charge in [-0.1, -0.05) is 42.0 Å². The van der Waals surface area contributed by atoms with Gasteiger partial charge < -0.3 is 4.74 Å². The van der Waals surface area contributed by atoms with E-state index in [1.165, 1.54) is 12.1 Å². The van der Waals surface area contributed by atoms with Crippen LogP contribution in [0.3, 0.4) is 0 Å². The quantitative estimate of drug-likeness (QED) is 0.785. The van der Waals surface area contributed by atoms with E-state index in [0.717, 1.165) is 16.7 Å². The zero-order valence-corrected chi connectivity index (χ0v) is 11.3. The highest BCUT2D eigenvalue weighted by atomic mass is 19.4. The van der Waals surface area contributed by atoms with Crippen LogP contribution in [0.15, 0.2) is 48.5 Å². The van der Waals surface area contributed by atoms with Gasteiger partial charge in [-0.2, -0.15) is 13.2 Å². The minimum Gasteiger partial charge on any atom is -0.452 e. The van der Waals surface area contributed by atoms with E-state index < -0.39 is 18.8 Å². The molecule has 2 rings (SSSR count). The van der Waals surface area contributed by atoms with Gasteiger partial charge >= 0.3 is 12.1 Å². The number of carbonyl (C=O) groups is 1. The average Bonchev–Trinajstić information content (AvgIpc) is 2.45. The van der Waals surface area contributed by atoms with Gasteiger partial charge in [0.25, 0.3) is 0 Å². The molecule has 2 nitrogen and oxygen atoms in total. The van der Waals surface area contributed by atoms with Gasteiger partial charge in [0.1, 0.15) is 0 Å². The fraction of sp³-hybridized carbons (Fsp3) is 0.188. The maximum atomic E-state index is 12.0. The van der Waals surface area contributed by atoms with Crippen molar-refractivity contribution in [1.29, 1.82) is 0 Å². The summed E-state index contributed by atoms with van der Waals surface area (Å²) in [6.45, 7) is 0.398. The molecule has 0 amide bonds. The predicted octanol–water partition coefficient (Wildman–Crippen LogP) is 4.38. The molecule has 2 aromatic carbocycles. The smallest absolute Gasteiger partial charge is 0.422 e. The number of benzene rings is 2. The molecule has 0 aliphatic carbocycles. The van der Waals surface area contributed by atoms with E-state index >= 15 is 0 Å². The largest absolute Gasteiger partial charge is 0.452 e. The molecule has 0 aromatic heterocycles. The van der Waals surface area contributed by atoms with E-state index in [1.807, 2.05) is 31.2 Å². The van der Waals surface area contributed by atoms with Gasteiger partial charge in [0.05, 0.1) is 5.56 Å². The summed E-state index contributed by atoms with van der Waals surface area (Å²) in [5, 5.41) is 0. The second kappa shape index (κ2) is 5.99. The van der Waals surface area contributed by atoms with Crippen LogP contribution < -0.4 is 0 Å². The number of esters is 1. The first-order valence-corrected chi connectivity index (χ1v) is 6.26. The highest BCUT2D eigenvalue weighted by Crippen LogP contribution is 2.21. The van der Waals surface area contributed by atoms with Crippen LogP contribution in [-0.2, 0) is 4.74 Å². The number of halogens is 3. The second-order valence-corrected chi connectivity index (χ2v) is 4.63. The first-order valence-electron chi connectivity index (χ1n) is 6.26. The third kappa shape index (κ3) is 4.34. The topological polar surface area (TPSA) is 26.3 Å². The molecule has 21 heavy (non-hydrogen) atoms. The Labute approximate surface area is 120 Å². The van der Waals surface area contributed by atoms with Gasteiger partial charge in [-0.25, -0.2) is 4.79 Å². The van der Waals surface area contributed by atoms with Crippen LogP contribution in [0.2, 0.25) is 0 Å². The third-order valence-electron chi connectivity index (χ3n) is 2.87. The van der Waals surface area contributed by atoms with Gasteiger partial charge in [-0.05, 0) is 30.2 Å². The van der Waals surface area contributed by atoms with Gasteiger partial charge in [0.2, 0.25) is 0 Å². The van der Waals surface area contributed by atoms with Crippen molar-refractivity contribution in [2.24, 2.45) is 0 Å². The predicted molar refractivity (Wildman–Crippen MR) is 73.0 cm³/mol. The zero-order valence-electron chi connectivity index (χ0n) is 11.3. The van der Waals surface area contributed by atoms with Crippen molar-refractivity contribution >= 4 is 5.97 Å². The first kappa shape index (κ1) is 15.1. The molecule has 0 aliphatic rings. The Kier molecular flexibility index (Phi) is 4.31. The summed E-state index contributed by atoms with van der Waals surface area (Å²) >= 11 is 0. The summed E-state index contributed by atoms with van der Waals surface area (Å²) in [6, 6.07) is 14.0. The number of carbonyl (C=O) groups excluding carboxylic acids is 1. The molecule has 0 saturated carbocycles. The van der Waals surface area contributed by atoms with Crippen molar-refractivity contribution in [2.45, 2.75) is 13.1 Å². The van der Waals surface area contributed by atoms with Gasteiger partial charge in [0.15, 0.2) is 6.61 Å². The molecule has 0 spiro atoms. The SMILES string of the molecule is Cc1ccc(-c2ccc(C(=O)OCC(F)(F)F)cc2)cc1. The number of hydrogen-bond acceptors (Lipinski definition) is 2. The van der Waals surface area contributed by atoms with Crippen molar-refractivity contribution in [3.05, 3.63) is 59.7 Å². The molecule has 0 N–H and O–H groups in total. The van der Waals surface area contributed by atoms with Gasteiger partial charge in [-0.3, -0.25) is 0 Å². The maximum Gasteiger partial charge on any atom is 0.422 e. The lowest BCUT2D eigenvalue weighted by Crippen LogP contribution is -2.20. The standard InChI is InChI=1S/C16H13F3O2/c1-11-2-4-12(5-3-11)13-6-8-14(9-7-13)15(20)21-10-16(17,18)19/h2-9H,10H2,1H3. The van der Waals surface area contributed by atoms with Crippen LogP contribution in [0, 0.1) is 6.92 Å². The Morgan fingerprint density at radius 1 is 0.952 bits per heavy atom. The fourth-order valence-corrected chi connectivity index (χ4v) is 1.78. The molecular formula is C16H13F3O2. The molecule has 0 unspecified atom stereocenters. The third-order valence-corrected chi connectivity index (χ3v) is 2.87. The van der Waals surface area contributed by atoms with Crippen LogP contribution in [-0.4, -0.2) is 18.8 Å². The van der Waals surface area contributed by atoms with Crippen LogP contribution in [0.4, 0.5) is 13.2 Å². The molecule has 0 atom stereocenters. The van der Waals surface area contributed by atoms with E-state index in [9.17, 15) is 18.0 Å². The Hall–Kier alpha value is -2.30. The molecule has 5 heteroatoms. The lowest BCUT2D eigenvalue weighted by atomic mass is 10.0. The molecule has 0 aliphatic heterocycles. The lowest BCUT2D eigenvalue weighted by Gasteiger charge is -2.08. The Morgan fingerprint density at radius 2 is 1.43 bits per heavy atom.